The van der Waals surface area contributed by atoms with Gasteiger partial charge in [0.25, 0.3) is 5.91 Å². The van der Waals surface area contributed by atoms with Crippen LogP contribution in [-0.2, 0) is 11.2 Å². The SMILES string of the molecule is COc1ccc(-c2cc(CCCO)c(/C=C3\SC(=S)N(C4CC5CCC4C5)C3=O)o2)c(OC)c1. The third kappa shape index (κ3) is 4.27. The van der Waals surface area contributed by atoms with Gasteiger partial charge in [-0.2, -0.15) is 0 Å². The Kier molecular flexibility index (Phi) is 6.73. The zero-order chi connectivity index (χ0) is 23.8. The van der Waals surface area contributed by atoms with Crippen molar-refractivity contribution < 1.29 is 23.8 Å². The lowest BCUT2D eigenvalue weighted by atomic mass is 9.94. The first-order valence-corrected chi connectivity index (χ1v) is 13.0. The molecule has 1 amide bonds. The number of aliphatic hydroxyl groups is 1. The third-order valence-corrected chi connectivity index (χ3v) is 8.57. The van der Waals surface area contributed by atoms with Gasteiger partial charge in [0, 0.05) is 24.8 Å². The van der Waals surface area contributed by atoms with Gasteiger partial charge in [0.15, 0.2) is 0 Å². The third-order valence-electron chi connectivity index (χ3n) is 7.24. The zero-order valence-electron chi connectivity index (χ0n) is 19.4. The second-order valence-electron chi connectivity index (χ2n) is 9.19. The molecule has 2 bridgehead atoms. The first-order chi connectivity index (χ1) is 16.5. The fourth-order valence-corrected chi connectivity index (χ4v) is 6.92. The summed E-state index contributed by atoms with van der Waals surface area (Å²) in [5.74, 6) is 3.89. The van der Waals surface area contributed by atoms with Crippen molar-refractivity contribution >= 4 is 40.3 Å². The summed E-state index contributed by atoms with van der Waals surface area (Å²) in [4.78, 5) is 15.8. The molecular weight excluding hydrogens is 470 g/mol. The van der Waals surface area contributed by atoms with E-state index in [9.17, 15) is 9.90 Å². The normalized spacial score (nSPS) is 25.1. The van der Waals surface area contributed by atoms with E-state index in [4.69, 9.17) is 26.1 Å². The molecule has 8 heteroatoms. The minimum Gasteiger partial charge on any atom is -0.497 e. The van der Waals surface area contributed by atoms with Gasteiger partial charge < -0.3 is 19.0 Å². The van der Waals surface area contributed by atoms with Crippen LogP contribution in [0, 0.1) is 11.8 Å². The maximum absolute atomic E-state index is 13.4. The fraction of sp³-hybridized carbons (Fsp3) is 0.462. The zero-order valence-corrected chi connectivity index (χ0v) is 21.0. The highest BCUT2D eigenvalue weighted by molar-refractivity contribution is 8.26. The van der Waals surface area contributed by atoms with E-state index in [0.29, 0.717) is 51.0 Å². The molecule has 3 unspecified atom stereocenters. The van der Waals surface area contributed by atoms with Crippen LogP contribution < -0.4 is 9.47 Å². The summed E-state index contributed by atoms with van der Waals surface area (Å²) in [5, 5.41) is 9.39. The predicted octanol–water partition coefficient (Wildman–Crippen LogP) is 5.28. The van der Waals surface area contributed by atoms with Crippen LogP contribution in [0.25, 0.3) is 17.4 Å². The van der Waals surface area contributed by atoms with Gasteiger partial charge in [-0.1, -0.05) is 30.4 Å². The molecule has 1 aromatic carbocycles. The van der Waals surface area contributed by atoms with Crippen LogP contribution in [-0.4, -0.2) is 47.1 Å². The molecule has 0 spiro atoms. The molecule has 2 heterocycles. The van der Waals surface area contributed by atoms with E-state index in [1.165, 1.54) is 31.0 Å². The Hall–Kier alpha value is -2.29. The summed E-state index contributed by atoms with van der Waals surface area (Å²) in [6, 6.07) is 7.76. The summed E-state index contributed by atoms with van der Waals surface area (Å²) < 4.78 is 17.8. The van der Waals surface area contributed by atoms with Crippen molar-refractivity contribution in [3.63, 3.8) is 0 Å². The number of nitrogens with zero attached hydrogens (tertiary/aromatic N) is 1. The molecule has 1 aliphatic heterocycles. The van der Waals surface area contributed by atoms with Crippen molar-refractivity contribution in [2.75, 3.05) is 20.8 Å². The van der Waals surface area contributed by atoms with Gasteiger partial charge in [0.2, 0.25) is 0 Å². The van der Waals surface area contributed by atoms with Crippen molar-refractivity contribution in [1.82, 2.24) is 4.90 Å². The van der Waals surface area contributed by atoms with Gasteiger partial charge >= 0.3 is 0 Å². The van der Waals surface area contributed by atoms with Crippen LogP contribution in [0.4, 0.5) is 0 Å². The second kappa shape index (κ2) is 9.76. The molecule has 6 nitrogen and oxygen atoms in total. The van der Waals surface area contributed by atoms with E-state index in [1.807, 2.05) is 35.2 Å². The average molecular weight is 500 g/mol. The number of carbonyl (C=O) groups excluding carboxylic acids is 1. The summed E-state index contributed by atoms with van der Waals surface area (Å²) >= 11 is 7.00. The monoisotopic (exact) mass is 499 g/mol. The van der Waals surface area contributed by atoms with Crippen molar-refractivity contribution in [3.05, 3.63) is 40.5 Å². The second-order valence-corrected chi connectivity index (χ2v) is 10.9. The van der Waals surface area contributed by atoms with Crippen LogP contribution in [0.3, 0.4) is 0 Å². The Bertz CT molecular complexity index is 1140. The molecule has 2 saturated carbocycles. The van der Waals surface area contributed by atoms with E-state index >= 15 is 0 Å². The Balaban J connectivity index is 1.47. The molecule has 180 valence electrons. The Morgan fingerprint density at radius 1 is 1.24 bits per heavy atom. The molecule has 2 aromatic rings. The van der Waals surface area contributed by atoms with Gasteiger partial charge in [-0.25, -0.2) is 0 Å². The number of hydrogen-bond donors (Lipinski definition) is 1. The summed E-state index contributed by atoms with van der Waals surface area (Å²) in [5.41, 5.74) is 1.73. The van der Waals surface area contributed by atoms with E-state index < -0.39 is 0 Å². The molecule has 0 radical (unpaired) electrons. The average Bonchev–Trinajstić information content (AvgIpc) is 3.62. The number of aryl methyl sites for hydroxylation is 1. The van der Waals surface area contributed by atoms with Gasteiger partial charge in [0.1, 0.15) is 27.3 Å². The van der Waals surface area contributed by atoms with Gasteiger partial charge in [-0.15, -0.1) is 0 Å². The van der Waals surface area contributed by atoms with E-state index in [2.05, 4.69) is 0 Å². The largest absolute Gasteiger partial charge is 0.497 e. The highest BCUT2D eigenvalue weighted by atomic mass is 32.2. The van der Waals surface area contributed by atoms with Crippen LogP contribution in [0.5, 0.6) is 11.5 Å². The quantitative estimate of drug-likeness (QED) is 0.391. The van der Waals surface area contributed by atoms with Crippen LogP contribution in [0.15, 0.2) is 33.6 Å². The number of furan rings is 1. The molecule has 3 atom stereocenters. The lowest BCUT2D eigenvalue weighted by Gasteiger charge is -2.30. The van der Waals surface area contributed by atoms with E-state index in [-0.39, 0.29) is 18.6 Å². The smallest absolute Gasteiger partial charge is 0.266 e. The number of thioether (sulfide) groups is 1. The number of fused-ring (bicyclic) bond motifs is 2. The number of hydrogen-bond acceptors (Lipinski definition) is 7. The summed E-state index contributed by atoms with van der Waals surface area (Å²) in [6.07, 6.45) is 7.82. The minimum absolute atomic E-state index is 0.0133. The Morgan fingerprint density at radius 3 is 2.76 bits per heavy atom. The molecule has 1 saturated heterocycles. The van der Waals surface area contributed by atoms with Crippen molar-refractivity contribution in [2.24, 2.45) is 11.8 Å². The lowest BCUT2D eigenvalue weighted by Crippen LogP contribution is -2.41. The van der Waals surface area contributed by atoms with Crippen molar-refractivity contribution in [2.45, 2.75) is 44.6 Å². The number of ether oxygens (including phenoxy) is 2. The van der Waals surface area contributed by atoms with Crippen LogP contribution >= 0.6 is 24.0 Å². The number of benzene rings is 1. The number of aliphatic hydroxyl groups excluding tert-OH is 1. The predicted molar refractivity (Wildman–Crippen MR) is 137 cm³/mol. The number of methoxy groups -OCH3 is 2. The Labute approximate surface area is 209 Å². The van der Waals surface area contributed by atoms with Gasteiger partial charge in [-0.3, -0.25) is 9.69 Å². The molecule has 5 rings (SSSR count). The number of rotatable bonds is 8. The van der Waals surface area contributed by atoms with Crippen molar-refractivity contribution in [1.29, 1.82) is 0 Å². The lowest BCUT2D eigenvalue weighted by molar-refractivity contribution is -0.124. The highest BCUT2D eigenvalue weighted by Crippen LogP contribution is 2.49. The van der Waals surface area contributed by atoms with Gasteiger partial charge in [0.05, 0.1) is 24.7 Å². The molecule has 1 N–H and O–H groups in total. The van der Waals surface area contributed by atoms with E-state index in [1.54, 1.807) is 14.2 Å². The summed E-state index contributed by atoms with van der Waals surface area (Å²) in [6.45, 7) is 0.0815. The molecule has 1 aromatic heterocycles. The molecule has 34 heavy (non-hydrogen) atoms. The number of thiocarbonyl (C=S) groups is 1. The maximum atomic E-state index is 13.4. The summed E-state index contributed by atoms with van der Waals surface area (Å²) in [7, 11) is 3.22. The minimum atomic E-state index is -0.0133. The Morgan fingerprint density at radius 2 is 2.09 bits per heavy atom. The fourth-order valence-electron chi connectivity index (χ4n) is 5.58. The topological polar surface area (TPSA) is 72.1 Å². The molecular formula is C26H29NO5S2. The number of amides is 1. The molecule has 2 aliphatic carbocycles. The standard InChI is InChI=1S/C26H29NO5S2/c1-30-18-7-8-19(22(13-18)31-2)23-12-17(4-3-9-28)21(32-23)14-24-25(29)27(26(33)34-24)20-11-15-5-6-16(20)10-15/h7-8,12-16,20,28H,3-6,9-11H2,1-2H3/b24-14-. The maximum Gasteiger partial charge on any atom is 0.266 e. The molecule has 3 aliphatic rings. The first kappa shape index (κ1) is 23.5. The van der Waals surface area contributed by atoms with Crippen molar-refractivity contribution in [3.8, 4) is 22.8 Å². The first-order valence-electron chi connectivity index (χ1n) is 11.8. The number of carbonyl (C=O) groups is 1. The van der Waals surface area contributed by atoms with Gasteiger partial charge in [-0.05, 0) is 67.7 Å². The molecule has 3 fully saturated rings. The highest BCUT2D eigenvalue weighted by Gasteiger charge is 2.48. The van der Waals surface area contributed by atoms with Crippen LogP contribution in [0.2, 0.25) is 0 Å². The van der Waals surface area contributed by atoms with Crippen LogP contribution in [0.1, 0.15) is 43.4 Å². The van der Waals surface area contributed by atoms with E-state index in [0.717, 1.165) is 23.5 Å².